The molecule has 3 rings (SSSR count). The molecule has 20 heavy (non-hydrogen) atoms. The zero-order valence-corrected chi connectivity index (χ0v) is 11.0. The predicted octanol–water partition coefficient (Wildman–Crippen LogP) is 2.37. The third kappa shape index (κ3) is 2.69. The third-order valence-corrected chi connectivity index (χ3v) is 3.74. The number of benzene rings is 1. The molecule has 1 fully saturated rings. The Hall–Kier alpha value is -1.85. The number of hydrogen-bond donors (Lipinski definition) is 1. The topological polar surface area (TPSA) is 50.9 Å². The number of guanidine groups is 1. The molecular weight excluding hydrogens is 264 g/mol. The van der Waals surface area contributed by atoms with Gasteiger partial charge in [0, 0.05) is 12.1 Å². The average molecular weight is 281 g/mol. The maximum absolute atomic E-state index is 12.5. The molecule has 0 spiro atoms. The SMILES string of the molecule is NC1=NCC(c2ccccc2OC(F)F)N1CC1CC1. The first kappa shape index (κ1) is 13.1. The number of rotatable bonds is 5. The Kier molecular flexibility index (Phi) is 3.46. The Bertz CT molecular complexity index is 517. The minimum absolute atomic E-state index is 0.106. The molecule has 0 amide bonds. The van der Waals surface area contributed by atoms with Crippen molar-refractivity contribution in [2.24, 2.45) is 16.6 Å². The molecule has 108 valence electrons. The molecule has 1 aromatic rings. The summed E-state index contributed by atoms with van der Waals surface area (Å²) in [5, 5.41) is 0. The first-order valence-corrected chi connectivity index (χ1v) is 6.75. The van der Waals surface area contributed by atoms with Crippen molar-refractivity contribution in [3.63, 3.8) is 0 Å². The maximum Gasteiger partial charge on any atom is 0.387 e. The van der Waals surface area contributed by atoms with Gasteiger partial charge in [-0.3, -0.25) is 4.99 Å². The number of nitrogens with two attached hydrogens (primary N) is 1. The second-order valence-electron chi connectivity index (χ2n) is 5.23. The van der Waals surface area contributed by atoms with E-state index < -0.39 is 6.61 Å². The maximum atomic E-state index is 12.5. The van der Waals surface area contributed by atoms with Crippen molar-refractivity contribution in [1.29, 1.82) is 0 Å². The molecule has 1 aliphatic heterocycles. The van der Waals surface area contributed by atoms with E-state index in [9.17, 15) is 8.78 Å². The Labute approximate surface area is 116 Å². The highest BCUT2D eigenvalue weighted by Crippen LogP contribution is 2.37. The van der Waals surface area contributed by atoms with Crippen LogP contribution in [0.5, 0.6) is 5.75 Å². The molecular formula is C14H17F2N3O. The van der Waals surface area contributed by atoms with Crippen LogP contribution in [0.2, 0.25) is 0 Å². The Morgan fingerprint density at radius 1 is 1.35 bits per heavy atom. The van der Waals surface area contributed by atoms with Gasteiger partial charge in [0.1, 0.15) is 5.75 Å². The Morgan fingerprint density at radius 2 is 2.10 bits per heavy atom. The number of hydrogen-bond acceptors (Lipinski definition) is 4. The standard InChI is InChI=1S/C14H17F2N3O/c15-13(16)20-12-4-2-1-3-10(12)11-7-18-14(17)19(11)8-9-5-6-9/h1-4,9,11,13H,5-8H2,(H2,17,18). The molecule has 2 N–H and O–H groups in total. The smallest absolute Gasteiger partial charge is 0.387 e. The van der Waals surface area contributed by atoms with Crippen LogP contribution in [-0.4, -0.2) is 30.6 Å². The number of aliphatic imine (C=N–C) groups is 1. The van der Waals surface area contributed by atoms with E-state index in [2.05, 4.69) is 9.73 Å². The molecule has 0 radical (unpaired) electrons. The Balaban J connectivity index is 1.84. The van der Waals surface area contributed by atoms with Gasteiger partial charge in [-0.1, -0.05) is 18.2 Å². The molecule has 2 aliphatic rings. The minimum Gasteiger partial charge on any atom is -0.434 e. The number of ether oxygens (including phenoxy) is 1. The van der Waals surface area contributed by atoms with Crippen LogP contribution in [0.4, 0.5) is 8.78 Å². The Morgan fingerprint density at radius 3 is 2.80 bits per heavy atom. The zero-order chi connectivity index (χ0) is 14.1. The van der Waals surface area contributed by atoms with Crippen LogP contribution in [0.15, 0.2) is 29.3 Å². The molecule has 1 aromatic carbocycles. The van der Waals surface area contributed by atoms with Crippen LogP contribution in [-0.2, 0) is 0 Å². The van der Waals surface area contributed by atoms with Crippen molar-refractivity contribution in [1.82, 2.24) is 4.90 Å². The lowest BCUT2D eigenvalue weighted by atomic mass is 10.0. The predicted molar refractivity (Wildman–Crippen MR) is 71.7 cm³/mol. The fourth-order valence-electron chi connectivity index (χ4n) is 2.55. The number of para-hydroxylation sites is 1. The molecule has 1 atom stereocenters. The summed E-state index contributed by atoms with van der Waals surface area (Å²) in [7, 11) is 0. The highest BCUT2D eigenvalue weighted by molar-refractivity contribution is 5.80. The van der Waals surface area contributed by atoms with Crippen LogP contribution in [0.25, 0.3) is 0 Å². The molecule has 1 heterocycles. The van der Waals surface area contributed by atoms with Gasteiger partial charge in [-0.25, -0.2) is 0 Å². The summed E-state index contributed by atoms with van der Waals surface area (Å²) in [4.78, 5) is 6.26. The molecule has 0 saturated heterocycles. The molecule has 0 bridgehead atoms. The quantitative estimate of drug-likeness (QED) is 0.901. The first-order chi connectivity index (χ1) is 9.65. The zero-order valence-electron chi connectivity index (χ0n) is 11.0. The van der Waals surface area contributed by atoms with Crippen molar-refractivity contribution in [2.45, 2.75) is 25.5 Å². The van der Waals surface area contributed by atoms with Crippen molar-refractivity contribution in [3.05, 3.63) is 29.8 Å². The van der Waals surface area contributed by atoms with E-state index in [1.54, 1.807) is 18.2 Å². The minimum atomic E-state index is -2.83. The lowest BCUT2D eigenvalue weighted by Gasteiger charge is -2.27. The van der Waals surface area contributed by atoms with Crippen molar-refractivity contribution in [3.8, 4) is 5.75 Å². The summed E-state index contributed by atoms with van der Waals surface area (Å²) < 4.78 is 29.6. The normalized spacial score (nSPS) is 22.2. The first-order valence-electron chi connectivity index (χ1n) is 6.75. The van der Waals surface area contributed by atoms with Gasteiger partial charge in [0.15, 0.2) is 5.96 Å². The second-order valence-corrected chi connectivity index (χ2v) is 5.23. The van der Waals surface area contributed by atoms with E-state index in [-0.39, 0.29) is 11.8 Å². The summed E-state index contributed by atoms with van der Waals surface area (Å²) in [5.74, 6) is 1.35. The summed E-state index contributed by atoms with van der Waals surface area (Å²) in [5.41, 5.74) is 6.64. The van der Waals surface area contributed by atoms with Crippen molar-refractivity contribution in [2.75, 3.05) is 13.1 Å². The van der Waals surface area contributed by atoms with E-state index in [1.807, 2.05) is 11.0 Å². The van der Waals surface area contributed by atoms with Crippen LogP contribution in [0.1, 0.15) is 24.4 Å². The van der Waals surface area contributed by atoms with E-state index in [1.165, 1.54) is 12.8 Å². The lowest BCUT2D eigenvalue weighted by molar-refractivity contribution is -0.0509. The highest BCUT2D eigenvalue weighted by atomic mass is 19.3. The fraction of sp³-hybridized carbons (Fsp3) is 0.500. The summed E-state index contributed by atoms with van der Waals surface area (Å²) in [6, 6.07) is 6.76. The van der Waals surface area contributed by atoms with E-state index >= 15 is 0 Å². The van der Waals surface area contributed by atoms with Crippen LogP contribution in [0, 0.1) is 5.92 Å². The number of alkyl halides is 2. The van der Waals surface area contributed by atoms with Gasteiger partial charge in [-0.2, -0.15) is 8.78 Å². The second kappa shape index (κ2) is 5.26. The van der Waals surface area contributed by atoms with E-state index in [0.29, 0.717) is 18.4 Å². The summed E-state index contributed by atoms with van der Waals surface area (Å²) in [6.45, 7) is -1.50. The van der Waals surface area contributed by atoms with Gasteiger partial charge in [-0.05, 0) is 24.8 Å². The third-order valence-electron chi connectivity index (χ3n) is 3.74. The largest absolute Gasteiger partial charge is 0.434 e. The molecule has 0 aromatic heterocycles. The summed E-state index contributed by atoms with van der Waals surface area (Å²) in [6.07, 6.45) is 2.40. The highest BCUT2D eigenvalue weighted by Gasteiger charge is 2.34. The van der Waals surface area contributed by atoms with Gasteiger partial charge in [-0.15, -0.1) is 0 Å². The molecule has 1 aliphatic carbocycles. The van der Waals surface area contributed by atoms with E-state index in [4.69, 9.17) is 5.73 Å². The van der Waals surface area contributed by atoms with Crippen LogP contribution in [0.3, 0.4) is 0 Å². The number of nitrogens with zero attached hydrogens (tertiary/aromatic N) is 2. The van der Waals surface area contributed by atoms with Crippen LogP contribution >= 0.6 is 0 Å². The van der Waals surface area contributed by atoms with Gasteiger partial charge >= 0.3 is 6.61 Å². The molecule has 4 nitrogen and oxygen atoms in total. The van der Waals surface area contributed by atoms with Gasteiger partial charge < -0.3 is 15.4 Å². The lowest BCUT2D eigenvalue weighted by Crippen LogP contribution is -2.37. The molecule has 6 heteroatoms. The average Bonchev–Trinajstić information content (AvgIpc) is 3.15. The fourth-order valence-corrected chi connectivity index (χ4v) is 2.55. The summed E-state index contributed by atoms with van der Waals surface area (Å²) >= 11 is 0. The molecule has 1 saturated carbocycles. The van der Waals surface area contributed by atoms with Crippen LogP contribution < -0.4 is 10.5 Å². The number of halogens is 2. The van der Waals surface area contributed by atoms with E-state index in [0.717, 1.165) is 12.1 Å². The van der Waals surface area contributed by atoms with Gasteiger partial charge in [0.05, 0.1) is 12.6 Å². The monoisotopic (exact) mass is 281 g/mol. The van der Waals surface area contributed by atoms with Gasteiger partial charge in [0.2, 0.25) is 0 Å². The van der Waals surface area contributed by atoms with Crippen molar-refractivity contribution < 1.29 is 13.5 Å². The molecule has 1 unspecified atom stereocenters. The van der Waals surface area contributed by atoms with Gasteiger partial charge in [0.25, 0.3) is 0 Å². The van der Waals surface area contributed by atoms with Crippen molar-refractivity contribution >= 4 is 5.96 Å².